The molecule has 3 heteroatoms. The van der Waals surface area contributed by atoms with Crippen LogP contribution in [0.1, 0.15) is 28.4 Å². The summed E-state index contributed by atoms with van der Waals surface area (Å²) in [7, 11) is 3.80. The summed E-state index contributed by atoms with van der Waals surface area (Å²) in [5.41, 5.74) is 3.08. The Kier molecular flexibility index (Phi) is 4.46. The molecule has 0 heterocycles. The molecule has 0 aromatic heterocycles. The second kappa shape index (κ2) is 5.63. The third-order valence-corrected chi connectivity index (χ3v) is 2.22. The summed E-state index contributed by atoms with van der Waals surface area (Å²) in [6.07, 6.45) is 0. The van der Waals surface area contributed by atoms with Gasteiger partial charge in [-0.15, -0.1) is 0 Å². The summed E-state index contributed by atoms with van der Waals surface area (Å²) in [5.74, 6) is 0.116. The number of carbonyl (C=O) groups is 1. The highest BCUT2D eigenvalue weighted by Crippen LogP contribution is 2.11. The van der Waals surface area contributed by atoms with Crippen molar-refractivity contribution in [2.24, 2.45) is 0 Å². The van der Waals surface area contributed by atoms with Gasteiger partial charge in [-0.25, -0.2) is 0 Å². The lowest BCUT2D eigenvalue weighted by atomic mass is 10.0. The highest BCUT2D eigenvalue weighted by molar-refractivity contribution is 5.94. The number of rotatable bonds is 5. The Hall–Kier alpha value is -1.19. The van der Waals surface area contributed by atoms with Crippen molar-refractivity contribution in [1.82, 2.24) is 10.6 Å². The second-order valence-corrected chi connectivity index (χ2v) is 3.66. The van der Waals surface area contributed by atoms with Gasteiger partial charge in [0.2, 0.25) is 0 Å². The normalized spacial score (nSPS) is 10.3. The molecular weight excluding hydrogens is 188 g/mol. The fourth-order valence-electron chi connectivity index (χ4n) is 1.58. The van der Waals surface area contributed by atoms with Crippen LogP contribution in [0, 0.1) is 0 Å². The van der Waals surface area contributed by atoms with Crippen LogP contribution < -0.4 is 10.6 Å². The zero-order chi connectivity index (χ0) is 11.3. The van der Waals surface area contributed by atoms with Crippen molar-refractivity contribution < 1.29 is 4.79 Å². The molecule has 0 unspecified atom stereocenters. The molecule has 0 aliphatic rings. The predicted octanol–water partition coefficient (Wildman–Crippen LogP) is 1.33. The molecule has 0 saturated heterocycles. The van der Waals surface area contributed by atoms with Gasteiger partial charge in [-0.3, -0.25) is 4.79 Å². The van der Waals surface area contributed by atoms with Crippen molar-refractivity contribution in [2.75, 3.05) is 14.1 Å². The Morgan fingerprint density at radius 3 is 1.87 bits per heavy atom. The largest absolute Gasteiger partial charge is 0.316 e. The fraction of sp³-hybridized carbons (Fsp3) is 0.417. The van der Waals surface area contributed by atoms with Crippen LogP contribution in [0.25, 0.3) is 0 Å². The molecule has 0 bridgehead atoms. The van der Waals surface area contributed by atoms with E-state index in [1.807, 2.05) is 26.2 Å². The molecular formula is C12H18N2O. The monoisotopic (exact) mass is 206 g/mol. The minimum absolute atomic E-state index is 0.116. The van der Waals surface area contributed by atoms with Crippen molar-refractivity contribution in [3.8, 4) is 0 Å². The van der Waals surface area contributed by atoms with Gasteiger partial charge in [0.1, 0.15) is 0 Å². The minimum atomic E-state index is 0.116. The van der Waals surface area contributed by atoms with E-state index in [9.17, 15) is 4.79 Å². The average molecular weight is 206 g/mol. The smallest absolute Gasteiger partial charge is 0.159 e. The molecule has 1 aromatic carbocycles. The van der Waals surface area contributed by atoms with E-state index < -0.39 is 0 Å². The van der Waals surface area contributed by atoms with Crippen LogP contribution >= 0.6 is 0 Å². The van der Waals surface area contributed by atoms with Crippen LogP contribution in [0.15, 0.2) is 18.2 Å². The maximum atomic E-state index is 11.3. The summed E-state index contributed by atoms with van der Waals surface area (Å²) in [4.78, 5) is 11.3. The van der Waals surface area contributed by atoms with Gasteiger partial charge in [-0.05, 0) is 44.3 Å². The first-order chi connectivity index (χ1) is 7.17. The molecule has 82 valence electrons. The summed E-state index contributed by atoms with van der Waals surface area (Å²) in [5, 5.41) is 6.18. The maximum Gasteiger partial charge on any atom is 0.159 e. The molecule has 0 aliphatic heterocycles. The van der Waals surface area contributed by atoms with E-state index in [4.69, 9.17) is 0 Å². The molecule has 1 aromatic rings. The van der Waals surface area contributed by atoms with Gasteiger partial charge >= 0.3 is 0 Å². The fourth-order valence-corrected chi connectivity index (χ4v) is 1.58. The van der Waals surface area contributed by atoms with Crippen LogP contribution in [0.5, 0.6) is 0 Å². The van der Waals surface area contributed by atoms with Crippen molar-refractivity contribution >= 4 is 5.78 Å². The lowest BCUT2D eigenvalue weighted by Gasteiger charge is -2.07. The lowest BCUT2D eigenvalue weighted by Crippen LogP contribution is -2.10. The van der Waals surface area contributed by atoms with Crippen LogP contribution in [0.4, 0.5) is 0 Å². The van der Waals surface area contributed by atoms with Gasteiger partial charge in [0.15, 0.2) is 5.78 Å². The van der Waals surface area contributed by atoms with E-state index in [0.717, 1.165) is 29.8 Å². The van der Waals surface area contributed by atoms with Gasteiger partial charge in [-0.2, -0.15) is 0 Å². The molecule has 0 aliphatic carbocycles. The van der Waals surface area contributed by atoms with E-state index in [1.165, 1.54) is 0 Å². The molecule has 0 atom stereocenters. The number of ketones is 1. The van der Waals surface area contributed by atoms with Crippen LogP contribution in [-0.2, 0) is 13.1 Å². The van der Waals surface area contributed by atoms with Crippen LogP contribution in [0.3, 0.4) is 0 Å². The molecule has 0 fully saturated rings. The average Bonchev–Trinajstić information content (AvgIpc) is 2.18. The number of hydrogen-bond donors (Lipinski definition) is 2. The van der Waals surface area contributed by atoms with E-state index in [1.54, 1.807) is 6.92 Å². The van der Waals surface area contributed by atoms with E-state index in [-0.39, 0.29) is 5.78 Å². The molecule has 0 amide bonds. The third-order valence-electron chi connectivity index (χ3n) is 2.22. The maximum absolute atomic E-state index is 11.3. The van der Waals surface area contributed by atoms with E-state index in [2.05, 4.69) is 16.7 Å². The molecule has 0 spiro atoms. The molecule has 0 saturated carbocycles. The Bertz CT molecular complexity index is 323. The summed E-state index contributed by atoms with van der Waals surface area (Å²) in [6, 6.07) is 6.00. The van der Waals surface area contributed by atoms with Crippen molar-refractivity contribution in [3.05, 3.63) is 34.9 Å². The Morgan fingerprint density at radius 2 is 1.53 bits per heavy atom. The highest BCUT2D eigenvalue weighted by Gasteiger charge is 2.03. The van der Waals surface area contributed by atoms with Gasteiger partial charge in [0, 0.05) is 18.7 Å². The van der Waals surface area contributed by atoms with Gasteiger partial charge in [0.05, 0.1) is 0 Å². The molecule has 3 nitrogen and oxygen atoms in total. The standard InChI is InChI=1S/C12H18N2O/c1-9(15)12-5-10(7-13-2)4-11(6-12)8-14-3/h4-6,13-14H,7-8H2,1-3H3. The summed E-state index contributed by atoms with van der Waals surface area (Å²) >= 11 is 0. The first-order valence-corrected chi connectivity index (χ1v) is 5.10. The molecule has 0 radical (unpaired) electrons. The number of hydrogen-bond acceptors (Lipinski definition) is 3. The summed E-state index contributed by atoms with van der Waals surface area (Å²) in [6.45, 7) is 3.18. The summed E-state index contributed by atoms with van der Waals surface area (Å²) < 4.78 is 0. The number of nitrogens with one attached hydrogen (secondary N) is 2. The number of Topliss-reactive ketones (excluding diaryl/α,β-unsaturated/α-hetero) is 1. The highest BCUT2D eigenvalue weighted by atomic mass is 16.1. The first kappa shape index (κ1) is 11.9. The zero-order valence-electron chi connectivity index (χ0n) is 9.55. The van der Waals surface area contributed by atoms with Gasteiger partial charge in [-0.1, -0.05) is 6.07 Å². The number of benzene rings is 1. The SMILES string of the molecule is CNCc1cc(CNC)cc(C(C)=O)c1. The Morgan fingerprint density at radius 1 is 1.07 bits per heavy atom. The Balaban J connectivity index is 3.02. The van der Waals surface area contributed by atoms with Crippen molar-refractivity contribution in [1.29, 1.82) is 0 Å². The Labute approximate surface area is 90.9 Å². The van der Waals surface area contributed by atoms with Crippen LogP contribution in [0.2, 0.25) is 0 Å². The topological polar surface area (TPSA) is 41.1 Å². The number of carbonyl (C=O) groups excluding carboxylic acids is 1. The molecule has 2 N–H and O–H groups in total. The van der Waals surface area contributed by atoms with Crippen molar-refractivity contribution in [2.45, 2.75) is 20.0 Å². The molecule has 1 rings (SSSR count). The van der Waals surface area contributed by atoms with Gasteiger partial charge < -0.3 is 10.6 Å². The van der Waals surface area contributed by atoms with Crippen molar-refractivity contribution in [3.63, 3.8) is 0 Å². The van der Waals surface area contributed by atoms with Gasteiger partial charge in [0.25, 0.3) is 0 Å². The zero-order valence-corrected chi connectivity index (χ0v) is 9.55. The van der Waals surface area contributed by atoms with Crippen LogP contribution in [-0.4, -0.2) is 19.9 Å². The third kappa shape index (κ3) is 3.46. The minimum Gasteiger partial charge on any atom is -0.316 e. The molecule has 15 heavy (non-hydrogen) atoms. The second-order valence-electron chi connectivity index (χ2n) is 3.66. The lowest BCUT2D eigenvalue weighted by molar-refractivity contribution is 0.101. The van der Waals surface area contributed by atoms with E-state index in [0.29, 0.717) is 0 Å². The first-order valence-electron chi connectivity index (χ1n) is 5.10. The predicted molar refractivity (Wildman–Crippen MR) is 62.0 cm³/mol. The van der Waals surface area contributed by atoms with E-state index >= 15 is 0 Å². The quantitative estimate of drug-likeness (QED) is 0.714.